The third-order valence-corrected chi connectivity index (χ3v) is 5.50. The molecular weight excluding hydrogens is 399 g/mol. The molecule has 8 nitrogen and oxygen atoms in total. The molecule has 2 aromatic heterocycles. The fourth-order valence-electron chi connectivity index (χ4n) is 3.77. The van der Waals surface area contributed by atoms with Crippen LogP contribution in [0.15, 0.2) is 42.6 Å². The normalized spacial score (nSPS) is 14.6. The highest BCUT2D eigenvalue weighted by atomic mass is 19.1. The minimum atomic E-state index is -0.192. The predicted octanol–water partition coefficient (Wildman–Crippen LogP) is 2.33. The first-order valence-corrected chi connectivity index (χ1v) is 10.3. The van der Waals surface area contributed by atoms with Crippen molar-refractivity contribution in [1.29, 1.82) is 0 Å². The van der Waals surface area contributed by atoms with Crippen molar-refractivity contribution >= 4 is 5.91 Å². The summed E-state index contributed by atoms with van der Waals surface area (Å²) in [7, 11) is 1.53. The lowest BCUT2D eigenvalue weighted by Gasteiger charge is -2.34. The standard InChI is InChI=1S/C22H25FN6O2/c1-3-19-17(14-24-29(19)20-8-9-21(31-2)26-25-20)22(30)28-12-10-27(11-13-28)15-16-6-4-5-7-18(16)23/h4-9,14H,3,10-13,15H2,1-2H3. The van der Waals surface area contributed by atoms with E-state index >= 15 is 0 Å². The number of benzene rings is 1. The van der Waals surface area contributed by atoms with Crippen molar-refractivity contribution in [2.45, 2.75) is 19.9 Å². The Balaban J connectivity index is 1.44. The van der Waals surface area contributed by atoms with Crippen LogP contribution in [0.3, 0.4) is 0 Å². The van der Waals surface area contributed by atoms with E-state index in [0.29, 0.717) is 62.0 Å². The van der Waals surface area contributed by atoms with Crippen LogP contribution < -0.4 is 4.74 Å². The maximum Gasteiger partial charge on any atom is 0.257 e. The molecule has 1 aromatic carbocycles. The van der Waals surface area contributed by atoms with Crippen LogP contribution in [0.2, 0.25) is 0 Å². The van der Waals surface area contributed by atoms with Crippen LogP contribution in [-0.4, -0.2) is 69.0 Å². The quantitative estimate of drug-likeness (QED) is 0.605. The minimum absolute atomic E-state index is 0.0462. The summed E-state index contributed by atoms with van der Waals surface area (Å²) in [5.74, 6) is 0.711. The molecule has 0 aliphatic carbocycles. The zero-order valence-electron chi connectivity index (χ0n) is 17.7. The van der Waals surface area contributed by atoms with Gasteiger partial charge in [0.25, 0.3) is 5.91 Å². The van der Waals surface area contributed by atoms with E-state index in [2.05, 4.69) is 20.2 Å². The summed E-state index contributed by atoms with van der Waals surface area (Å²) in [5, 5.41) is 12.5. The number of methoxy groups -OCH3 is 1. The van der Waals surface area contributed by atoms with Gasteiger partial charge in [0, 0.05) is 44.4 Å². The molecule has 31 heavy (non-hydrogen) atoms. The van der Waals surface area contributed by atoms with E-state index in [1.54, 1.807) is 35.1 Å². The third kappa shape index (κ3) is 4.41. The first kappa shape index (κ1) is 20.9. The van der Waals surface area contributed by atoms with Crippen molar-refractivity contribution in [2.75, 3.05) is 33.3 Å². The first-order chi connectivity index (χ1) is 15.1. The summed E-state index contributed by atoms with van der Waals surface area (Å²) in [5.41, 5.74) is 2.04. The lowest BCUT2D eigenvalue weighted by Crippen LogP contribution is -2.48. The van der Waals surface area contributed by atoms with Crippen LogP contribution in [-0.2, 0) is 13.0 Å². The average molecular weight is 424 g/mol. The fourth-order valence-corrected chi connectivity index (χ4v) is 3.77. The molecule has 1 fully saturated rings. The Labute approximate surface area is 180 Å². The van der Waals surface area contributed by atoms with Crippen LogP contribution >= 0.6 is 0 Å². The zero-order chi connectivity index (χ0) is 21.8. The number of halogens is 1. The molecule has 0 saturated carbocycles. The Morgan fingerprint density at radius 3 is 2.52 bits per heavy atom. The number of aromatic nitrogens is 4. The smallest absolute Gasteiger partial charge is 0.257 e. The van der Waals surface area contributed by atoms with Gasteiger partial charge >= 0.3 is 0 Å². The van der Waals surface area contributed by atoms with Gasteiger partial charge in [0.1, 0.15) is 5.82 Å². The molecule has 0 atom stereocenters. The van der Waals surface area contributed by atoms with Crippen LogP contribution in [0.25, 0.3) is 5.82 Å². The maximum atomic E-state index is 13.9. The lowest BCUT2D eigenvalue weighted by atomic mass is 10.1. The van der Waals surface area contributed by atoms with Crippen molar-refractivity contribution in [2.24, 2.45) is 0 Å². The molecule has 1 saturated heterocycles. The average Bonchev–Trinajstić information content (AvgIpc) is 3.25. The number of carbonyl (C=O) groups excluding carboxylic acids is 1. The maximum absolute atomic E-state index is 13.9. The molecule has 3 heterocycles. The van der Waals surface area contributed by atoms with Crippen molar-refractivity contribution in [3.8, 4) is 11.7 Å². The number of piperazine rings is 1. The molecule has 0 unspecified atom stereocenters. The number of rotatable bonds is 6. The summed E-state index contributed by atoms with van der Waals surface area (Å²) in [6.45, 7) is 5.09. The molecule has 1 aliphatic heterocycles. The van der Waals surface area contributed by atoms with E-state index in [0.717, 1.165) is 5.69 Å². The van der Waals surface area contributed by atoms with Gasteiger partial charge in [-0.25, -0.2) is 9.07 Å². The van der Waals surface area contributed by atoms with Gasteiger partial charge < -0.3 is 9.64 Å². The van der Waals surface area contributed by atoms with Gasteiger partial charge in [-0.1, -0.05) is 25.1 Å². The Morgan fingerprint density at radius 1 is 1.10 bits per heavy atom. The first-order valence-electron chi connectivity index (χ1n) is 10.3. The van der Waals surface area contributed by atoms with Gasteiger partial charge in [-0.3, -0.25) is 9.69 Å². The number of nitrogens with zero attached hydrogens (tertiary/aromatic N) is 6. The molecule has 162 valence electrons. The number of ether oxygens (including phenoxy) is 1. The summed E-state index contributed by atoms with van der Waals surface area (Å²) in [4.78, 5) is 17.2. The number of hydrogen-bond donors (Lipinski definition) is 0. The number of carbonyl (C=O) groups is 1. The van der Waals surface area contributed by atoms with E-state index < -0.39 is 0 Å². The minimum Gasteiger partial charge on any atom is -0.480 e. The highest BCUT2D eigenvalue weighted by Gasteiger charge is 2.26. The topological polar surface area (TPSA) is 76.4 Å². The van der Waals surface area contributed by atoms with Gasteiger partial charge in [0.05, 0.1) is 24.6 Å². The second-order valence-corrected chi connectivity index (χ2v) is 7.36. The van der Waals surface area contributed by atoms with Crippen LogP contribution in [0, 0.1) is 5.82 Å². The Bertz CT molecular complexity index is 1040. The van der Waals surface area contributed by atoms with E-state index in [1.807, 2.05) is 17.9 Å². The van der Waals surface area contributed by atoms with E-state index in [9.17, 15) is 9.18 Å². The van der Waals surface area contributed by atoms with Crippen molar-refractivity contribution in [3.05, 3.63) is 65.2 Å². The largest absolute Gasteiger partial charge is 0.480 e. The zero-order valence-corrected chi connectivity index (χ0v) is 17.7. The van der Waals surface area contributed by atoms with E-state index in [1.165, 1.54) is 13.2 Å². The van der Waals surface area contributed by atoms with Crippen LogP contribution in [0.5, 0.6) is 5.88 Å². The highest BCUT2D eigenvalue weighted by molar-refractivity contribution is 5.95. The van der Waals surface area contributed by atoms with Gasteiger partial charge in [-0.05, 0) is 18.6 Å². The number of hydrogen-bond acceptors (Lipinski definition) is 6. The summed E-state index contributed by atoms with van der Waals surface area (Å²) < 4.78 is 20.6. The summed E-state index contributed by atoms with van der Waals surface area (Å²) in [6, 6.07) is 10.3. The van der Waals surface area contributed by atoms with Gasteiger partial charge in [0.2, 0.25) is 5.88 Å². The third-order valence-electron chi connectivity index (χ3n) is 5.50. The van der Waals surface area contributed by atoms with Gasteiger partial charge in [-0.2, -0.15) is 5.10 Å². The van der Waals surface area contributed by atoms with Crippen LogP contribution in [0.1, 0.15) is 28.5 Å². The summed E-state index contributed by atoms with van der Waals surface area (Å²) in [6.07, 6.45) is 2.22. The highest BCUT2D eigenvalue weighted by Crippen LogP contribution is 2.19. The molecule has 0 bridgehead atoms. The van der Waals surface area contributed by atoms with Crippen molar-refractivity contribution < 1.29 is 13.9 Å². The Hall–Kier alpha value is -3.33. The summed E-state index contributed by atoms with van der Waals surface area (Å²) >= 11 is 0. The number of amides is 1. The molecule has 1 aliphatic rings. The predicted molar refractivity (Wildman–Crippen MR) is 113 cm³/mol. The molecule has 4 rings (SSSR count). The van der Waals surface area contributed by atoms with E-state index in [4.69, 9.17) is 4.74 Å². The molecule has 0 N–H and O–H groups in total. The monoisotopic (exact) mass is 424 g/mol. The lowest BCUT2D eigenvalue weighted by molar-refractivity contribution is 0.0626. The van der Waals surface area contributed by atoms with Crippen molar-refractivity contribution in [3.63, 3.8) is 0 Å². The van der Waals surface area contributed by atoms with Crippen molar-refractivity contribution in [1.82, 2.24) is 29.8 Å². The molecule has 1 amide bonds. The van der Waals surface area contributed by atoms with Crippen LogP contribution in [0.4, 0.5) is 4.39 Å². The van der Waals surface area contributed by atoms with Gasteiger partial charge in [-0.15, -0.1) is 10.2 Å². The molecular formula is C22H25FN6O2. The molecule has 3 aromatic rings. The van der Waals surface area contributed by atoms with Gasteiger partial charge in [0.15, 0.2) is 5.82 Å². The second-order valence-electron chi connectivity index (χ2n) is 7.36. The molecule has 9 heteroatoms. The SMILES string of the molecule is CCc1c(C(=O)N2CCN(Cc3ccccc3F)CC2)cnn1-c1ccc(OC)nn1. The molecule has 0 radical (unpaired) electrons. The Morgan fingerprint density at radius 2 is 1.87 bits per heavy atom. The second kappa shape index (κ2) is 9.22. The molecule has 0 spiro atoms. The van der Waals surface area contributed by atoms with E-state index in [-0.39, 0.29) is 11.7 Å². The Kier molecular flexibility index (Phi) is 6.22. The fraction of sp³-hybridized carbons (Fsp3) is 0.364.